The molecule has 0 N–H and O–H groups in total. The second-order valence-electron chi connectivity index (χ2n) is 7.89. The number of ether oxygens (including phenoxy) is 1. The van der Waals surface area contributed by atoms with Gasteiger partial charge in [-0.2, -0.15) is 0 Å². The molecule has 1 saturated heterocycles. The van der Waals surface area contributed by atoms with E-state index in [-0.39, 0.29) is 17.9 Å². The van der Waals surface area contributed by atoms with Crippen molar-refractivity contribution in [2.45, 2.75) is 57.9 Å². The number of thiazole rings is 1. The first-order valence-corrected chi connectivity index (χ1v) is 11.5. The molecule has 1 amide bonds. The molecule has 2 heterocycles. The van der Waals surface area contributed by atoms with Crippen LogP contribution in [0.4, 0.5) is 0 Å². The van der Waals surface area contributed by atoms with Gasteiger partial charge in [0.15, 0.2) is 0 Å². The number of benzene rings is 1. The number of carbonyl (C=O) groups is 2. The van der Waals surface area contributed by atoms with Gasteiger partial charge in [0.05, 0.1) is 18.7 Å². The topological polar surface area (TPSA) is 59.5 Å². The Hall–Kier alpha value is -2.21. The number of hydrogen-bond donors (Lipinski definition) is 0. The maximum absolute atomic E-state index is 13.0. The average Bonchev–Trinajstić information content (AvgIpc) is 3.39. The number of rotatable bonds is 6. The van der Waals surface area contributed by atoms with Crippen molar-refractivity contribution < 1.29 is 14.3 Å². The molecule has 154 valence electrons. The van der Waals surface area contributed by atoms with E-state index in [0.29, 0.717) is 25.2 Å². The van der Waals surface area contributed by atoms with Crippen molar-refractivity contribution in [3.05, 3.63) is 35.3 Å². The SMILES string of the molecule is CCOc1ccc(-c2nc(CC(=O)N3CCC[C@@H]3[C@H]3CCCCC3=O)cs2)cc1. The van der Waals surface area contributed by atoms with Crippen molar-refractivity contribution in [2.24, 2.45) is 5.92 Å². The summed E-state index contributed by atoms with van der Waals surface area (Å²) in [5.41, 5.74) is 1.84. The molecular formula is C23H28N2O3S. The van der Waals surface area contributed by atoms with E-state index in [2.05, 4.69) is 4.98 Å². The molecule has 1 aromatic heterocycles. The molecule has 0 spiro atoms. The van der Waals surface area contributed by atoms with Crippen LogP contribution in [-0.4, -0.2) is 40.8 Å². The molecule has 1 aromatic carbocycles. The highest BCUT2D eigenvalue weighted by Crippen LogP contribution is 2.33. The third kappa shape index (κ3) is 4.53. The Morgan fingerprint density at radius 2 is 2.03 bits per heavy atom. The molecule has 1 saturated carbocycles. The highest BCUT2D eigenvalue weighted by atomic mass is 32.1. The second-order valence-corrected chi connectivity index (χ2v) is 8.75. The molecule has 29 heavy (non-hydrogen) atoms. The molecule has 2 atom stereocenters. The molecular weight excluding hydrogens is 384 g/mol. The van der Waals surface area contributed by atoms with Crippen molar-refractivity contribution in [2.75, 3.05) is 13.2 Å². The van der Waals surface area contributed by atoms with E-state index in [1.165, 1.54) is 0 Å². The van der Waals surface area contributed by atoms with Gasteiger partial charge in [0.2, 0.25) is 5.91 Å². The Kier molecular flexibility index (Phi) is 6.28. The Balaban J connectivity index is 1.41. The van der Waals surface area contributed by atoms with Crippen molar-refractivity contribution in [1.82, 2.24) is 9.88 Å². The van der Waals surface area contributed by atoms with E-state index < -0.39 is 0 Å². The van der Waals surface area contributed by atoms with E-state index in [1.54, 1.807) is 11.3 Å². The molecule has 6 heteroatoms. The lowest BCUT2D eigenvalue weighted by Gasteiger charge is -2.33. The zero-order chi connectivity index (χ0) is 20.2. The third-order valence-electron chi connectivity index (χ3n) is 5.98. The monoisotopic (exact) mass is 412 g/mol. The van der Waals surface area contributed by atoms with Crippen molar-refractivity contribution in [3.63, 3.8) is 0 Å². The third-order valence-corrected chi connectivity index (χ3v) is 6.92. The maximum atomic E-state index is 13.0. The number of ketones is 1. The van der Waals surface area contributed by atoms with Crippen molar-refractivity contribution in [1.29, 1.82) is 0 Å². The first-order valence-electron chi connectivity index (χ1n) is 10.7. The number of aromatic nitrogens is 1. The second kappa shape index (κ2) is 9.08. The molecule has 2 aliphatic rings. The predicted molar refractivity (Wildman–Crippen MR) is 114 cm³/mol. The van der Waals surface area contributed by atoms with Crippen LogP contribution < -0.4 is 4.74 Å². The van der Waals surface area contributed by atoms with Crippen LogP contribution in [0.5, 0.6) is 5.75 Å². The van der Waals surface area contributed by atoms with E-state index in [0.717, 1.165) is 60.7 Å². The fourth-order valence-corrected chi connectivity index (χ4v) is 5.40. The van der Waals surface area contributed by atoms with Gasteiger partial charge in [-0.1, -0.05) is 6.42 Å². The summed E-state index contributed by atoms with van der Waals surface area (Å²) < 4.78 is 5.49. The van der Waals surface area contributed by atoms with Gasteiger partial charge in [-0.25, -0.2) is 4.98 Å². The number of Topliss-reactive ketones (excluding diaryl/α,β-unsaturated/α-hetero) is 1. The number of amides is 1. The van der Waals surface area contributed by atoms with E-state index >= 15 is 0 Å². The zero-order valence-corrected chi connectivity index (χ0v) is 17.7. The summed E-state index contributed by atoms with van der Waals surface area (Å²) in [5.74, 6) is 1.35. The van der Waals surface area contributed by atoms with Crippen LogP contribution >= 0.6 is 11.3 Å². The predicted octanol–water partition coefficient (Wildman–Crippen LogP) is 4.50. The Bertz CT molecular complexity index is 861. The average molecular weight is 413 g/mol. The minimum atomic E-state index is 0.0463. The number of nitrogens with zero attached hydrogens (tertiary/aromatic N) is 2. The van der Waals surface area contributed by atoms with E-state index in [9.17, 15) is 9.59 Å². The van der Waals surface area contributed by atoms with Crippen LogP contribution in [0.1, 0.15) is 51.1 Å². The molecule has 0 radical (unpaired) electrons. The molecule has 1 aliphatic carbocycles. The van der Waals surface area contributed by atoms with Crippen molar-refractivity contribution >= 4 is 23.0 Å². The number of likely N-dealkylation sites (tertiary alicyclic amines) is 1. The Morgan fingerprint density at radius 3 is 2.79 bits per heavy atom. The van der Waals surface area contributed by atoms with Gasteiger partial charge in [0.25, 0.3) is 0 Å². The van der Waals surface area contributed by atoms with Gasteiger partial charge < -0.3 is 9.64 Å². The molecule has 0 unspecified atom stereocenters. The Labute approximate surface area is 176 Å². The maximum Gasteiger partial charge on any atom is 0.228 e. The summed E-state index contributed by atoms with van der Waals surface area (Å²) >= 11 is 1.56. The van der Waals surface area contributed by atoms with Gasteiger partial charge in [0, 0.05) is 35.9 Å². The molecule has 0 bridgehead atoms. The fraction of sp³-hybridized carbons (Fsp3) is 0.522. The summed E-state index contributed by atoms with van der Waals surface area (Å²) in [5, 5.41) is 2.89. The quantitative estimate of drug-likeness (QED) is 0.701. The van der Waals surface area contributed by atoms with Crippen LogP contribution in [0, 0.1) is 5.92 Å². The van der Waals surface area contributed by atoms with Gasteiger partial charge in [0.1, 0.15) is 16.5 Å². The number of carbonyl (C=O) groups excluding carboxylic acids is 2. The van der Waals surface area contributed by atoms with Gasteiger partial charge in [-0.05, 0) is 56.9 Å². The molecule has 2 aromatic rings. The van der Waals surface area contributed by atoms with E-state index in [1.807, 2.05) is 41.5 Å². The minimum Gasteiger partial charge on any atom is -0.494 e. The van der Waals surface area contributed by atoms with Gasteiger partial charge >= 0.3 is 0 Å². The van der Waals surface area contributed by atoms with Gasteiger partial charge in [-0.3, -0.25) is 9.59 Å². The first-order chi connectivity index (χ1) is 14.2. The lowest BCUT2D eigenvalue weighted by atomic mass is 9.82. The standard InChI is InChI=1S/C23H28N2O3S/c1-2-28-18-11-9-16(10-12-18)23-24-17(15-29-23)14-22(27)25-13-5-7-20(25)19-6-3-4-8-21(19)26/h9-12,15,19-20H,2-8,13-14H2,1H3/t19-,20-/m1/s1. The summed E-state index contributed by atoms with van der Waals surface area (Å²) in [7, 11) is 0. The molecule has 1 aliphatic heterocycles. The van der Waals surface area contributed by atoms with E-state index in [4.69, 9.17) is 4.74 Å². The van der Waals surface area contributed by atoms with Crippen LogP contribution in [0.2, 0.25) is 0 Å². The lowest BCUT2D eigenvalue weighted by molar-refractivity contribution is -0.135. The van der Waals surface area contributed by atoms with Crippen LogP contribution in [0.15, 0.2) is 29.6 Å². The first kappa shape index (κ1) is 20.1. The highest BCUT2D eigenvalue weighted by Gasteiger charge is 2.38. The largest absolute Gasteiger partial charge is 0.494 e. The van der Waals surface area contributed by atoms with Crippen LogP contribution in [0.25, 0.3) is 10.6 Å². The highest BCUT2D eigenvalue weighted by molar-refractivity contribution is 7.13. The Morgan fingerprint density at radius 1 is 1.21 bits per heavy atom. The summed E-state index contributed by atoms with van der Waals surface area (Å²) in [4.78, 5) is 32.0. The smallest absolute Gasteiger partial charge is 0.228 e. The van der Waals surface area contributed by atoms with Gasteiger partial charge in [-0.15, -0.1) is 11.3 Å². The molecule has 5 nitrogen and oxygen atoms in total. The van der Waals surface area contributed by atoms with Crippen LogP contribution in [-0.2, 0) is 16.0 Å². The zero-order valence-electron chi connectivity index (χ0n) is 16.9. The molecule has 4 rings (SSSR count). The summed E-state index contributed by atoms with van der Waals surface area (Å²) in [6.07, 6.45) is 5.98. The molecule has 2 fully saturated rings. The minimum absolute atomic E-state index is 0.0463. The van der Waals surface area contributed by atoms with Crippen molar-refractivity contribution in [3.8, 4) is 16.3 Å². The fourth-order valence-electron chi connectivity index (χ4n) is 4.57. The summed E-state index contributed by atoms with van der Waals surface area (Å²) in [6.45, 7) is 3.38. The lowest BCUT2D eigenvalue weighted by Crippen LogP contribution is -2.44. The summed E-state index contributed by atoms with van der Waals surface area (Å²) in [6, 6.07) is 7.99. The number of hydrogen-bond acceptors (Lipinski definition) is 5. The normalized spacial score (nSPS) is 22.1. The van der Waals surface area contributed by atoms with Crippen LogP contribution in [0.3, 0.4) is 0 Å².